The van der Waals surface area contributed by atoms with Crippen LogP contribution in [0.15, 0.2) is 28.8 Å². The van der Waals surface area contributed by atoms with Crippen molar-refractivity contribution in [1.29, 1.82) is 0 Å². The Morgan fingerprint density at radius 1 is 1.26 bits per heavy atom. The van der Waals surface area contributed by atoms with Gasteiger partial charge in [0.2, 0.25) is 11.7 Å². The molecule has 0 bridgehead atoms. The number of rotatable bonds is 8. The van der Waals surface area contributed by atoms with Gasteiger partial charge in [-0.05, 0) is 38.8 Å². The molecule has 0 unspecified atom stereocenters. The average Bonchev–Trinajstić information content (AvgIpc) is 3.25. The van der Waals surface area contributed by atoms with E-state index in [0.717, 1.165) is 34.8 Å². The summed E-state index contributed by atoms with van der Waals surface area (Å²) >= 11 is 1.46. The van der Waals surface area contributed by atoms with Crippen molar-refractivity contribution >= 4 is 17.1 Å². The number of nitrogens with zero attached hydrogens (tertiary/aromatic N) is 3. The Morgan fingerprint density at radius 3 is 2.78 bits per heavy atom. The molecule has 0 saturated carbocycles. The summed E-state index contributed by atoms with van der Waals surface area (Å²) in [5.74, 6) is 0.847. The quantitative estimate of drug-likeness (QED) is 0.377. The van der Waals surface area contributed by atoms with Crippen LogP contribution in [0.1, 0.15) is 64.8 Å². The highest BCUT2D eigenvalue weighted by atomic mass is 32.1. The molecule has 1 atom stereocenters. The molecular formula is C20H22FN3O2S. The first kappa shape index (κ1) is 19.4. The molecule has 0 amide bonds. The summed E-state index contributed by atoms with van der Waals surface area (Å²) in [6.45, 7) is 5.81. The molecule has 0 N–H and O–H groups in total. The van der Waals surface area contributed by atoms with Crippen LogP contribution in [0.4, 0.5) is 4.39 Å². The van der Waals surface area contributed by atoms with Gasteiger partial charge in [-0.1, -0.05) is 30.6 Å². The van der Waals surface area contributed by atoms with Crippen molar-refractivity contribution in [2.75, 3.05) is 0 Å². The van der Waals surface area contributed by atoms with Crippen molar-refractivity contribution in [2.24, 2.45) is 0 Å². The summed E-state index contributed by atoms with van der Waals surface area (Å²) in [5.41, 5.74) is 1.42. The summed E-state index contributed by atoms with van der Waals surface area (Å²) in [4.78, 5) is 21.7. The Bertz CT molecular complexity index is 935. The summed E-state index contributed by atoms with van der Waals surface area (Å²) < 4.78 is 18.7. The lowest BCUT2D eigenvalue weighted by Crippen LogP contribution is -2.00. The Morgan fingerprint density at radius 2 is 2.07 bits per heavy atom. The van der Waals surface area contributed by atoms with E-state index in [1.165, 1.54) is 23.5 Å². The molecule has 0 spiro atoms. The normalized spacial score (nSPS) is 12.3. The predicted molar refractivity (Wildman–Crippen MR) is 102 cm³/mol. The first-order valence-corrected chi connectivity index (χ1v) is 9.82. The number of carbonyl (C=O) groups excluding carboxylic acids is 1. The maximum atomic E-state index is 13.3. The molecule has 5 nitrogen and oxygen atoms in total. The molecule has 3 rings (SSSR count). The molecule has 0 saturated heterocycles. The largest absolute Gasteiger partial charge is 0.339 e. The zero-order chi connectivity index (χ0) is 19.4. The monoisotopic (exact) mass is 387 g/mol. The molecule has 142 valence electrons. The number of Topliss-reactive ketones (excluding diaryl/α,β-unsaturated/α-hetero) is 1. The molecule has 0 aliphatic heterocycles. The smallest absolute Gasteiger partial charge is 0.229 e. The van der Waals surface area contributed by atoms with Gasteiger partial charge >= 0.3 is 0 Å². The SMILES string of the molecule is Cc1nc(C)c(C(=O)CCCC[C@H](C)c2nc(-c3cccc(F)c3)no2)s1. The zero-order valence-corrected chi connectivity index (χ0v) is 16.5. The number of hydrogen-bond acceptors (Lipinski definition) is 6. The van der Waals surface area contributed by atoms with Crippen LogP contribution in [0.2, 0.25) is 0 Å². The van der Waals surface area contributed by atoms with Gasteiger partial charge in [-0.25, -0.2) is 9.37 Å². The van der Waals surface area contributed by atoms with Gasteiger partial charge in [-0.3, -0.25) is 4.79 Å². The van der Waals surface area contributed by atoms with Gasteiger partial charge in [0.15, 0.2) is 5.78 Å². The first-order valence-electron chi connectivity index (χ1n) is 9.01. The maximum Gasteiger partial charge on any atom is 0.229 e. The summed E-state index contributed by atoms with van der Waals surface area (Å²) in [6.07, 6.45) is 3.07. The van der Waals surface area contributed by atoms with Crippen LogP contribution in [-0.2, 0) is 0 Å². The topological polar surface area (TPSA) is 68.9 Å². The number of aryl methyl sites for hydroxylation is 2. The lowest BCUT2D eigenvalue weighted by Gasteiger charge is -2.05. The number of aromatic nitrogens is 3. The van der Waals surface area contributed by atoms with Crippen LogP contribution in [0.25, 0.3) is 11.4 Å². The molecule has 0 fully saturated rings. The Labute approximate surface area is 161 Å². The summed E-state index contributed by atoms with van der Waals surface area (Å²) in [7, 11) is 0. The number of benzene rings is 1. The fourth-order valence-electron chi connectivity index (χ4n) is 2.94. The molecule has 1 aromatic carbocycles. The van der Waals surface area contributed by atoms with E-state index in [1.807, 2.05) is 20.8 Å². The molecule has 7 heteroatoms. The van der Waals surface area contributed by atoms with Crippen molar-refractivity contribution in [2.45, 2.75) is 52.4 Å². The van der Waals surface area contributed by atoms with E-state index in [4.69, 9.17) is 4.52 Å². The van der Waals surface area contributed by atoms with Gasteiger partial charge in [-0.15, -0.1) is 11.3 Å². The Balaban J connectivity index is 1.49. The van der Waals surface area contributed by atoms with Gasteiger partial charge in [0.25, 0.3) is 0 Å². The Hall–Kier alpha value is -2.41. The van der Waals surface area contributed by atoms with Crippen LogP contribution in [-0.4, -0.2) is 20.9 Å². The second-order valence-electron chi connectivity index (χ2n) is 6.68. The number of carbonyl (C=O) groups is 1. The highest BCUT2D eigenvalue weighted by molar-refractivity contribution is 7.13. The zero-order valence-electron chi connectivity index (χ0n) is 15.7. The van der Waals surface area contributed by atoms with Gasteiger partial charge in [0, 0.05) is 17.9 Å². The number of halogens is 1. The van der Waals surface area contributed by atoms with E-state index < -0.39 is 0 Å². The van der Waals surface area contributed by atoms with Crippen LogP contribution in [0, 0.1) is 19.7 Å². The molecular weight excluding hydrogens is 365 g/mol. The van der Waals surface area contributed by atoms with E-state index in [1.54, 1.807) is 12.1 Å². The minimum atomic E-state index is -0.331. The van der Waals surface area contributed by atoms with E-state index >= 15 is 0 Å². The number of ketones is 1. The lowest BCUT2D eigenvalue weighted by atomic mass is 10.0. The van der Waals surface area contributed by atoms with E-state index in [9.17, 15) is 9.18 Å². The fraction of sp³-hybridized carbons (Fsp3) is 0.400. The first-order chi connectivity index (χ1) is 12.9. The van der Waals surface area contributed by atoms with Gasteiger partial charge in [0.1, 0.15) is 5.82 Å². The second kappa shape index (κ2) is 8.52. The van der Waals surface area contributed by atoms with Gasteiger partial charge in [0.05, 0.1) is 15.6 Å². The molecule has 0 radical (unpaired) electrons. The predicted octanol–water partition coefficient (Wildman–Crippen LogP) is 5.50. The van der Waals surface area contributed by atoms with Crippen LogP contribution < -0.4 is 0 Å². The van der Waals surface area contributed by atoms with Gasteiger partial charge in [-0.2, -0.15) is 4.98 Å². The summed E-state index contributed by atoms with van der Waals surface area (Å²) in [6, 6.07) is 6.13. The van der Waals surface area contributed by atoms with Crippen LogP contribution in [0.5, 0.6) is 0 Å². The summed E-state index contributed by atoms with van der Waals surface area (Å²) in [5, 5.41) is 4.87. The lowest BCUT2D eigenvalue weighted by molar-refractivity contribution is 0.0982. The molecule has 27 heavy (non-hydrogen) atoms. The van der Waals surface area contributed by atoms with Crippen LogP contribution in [0.3, 0.4) is 0 Å². The fourth-order valence-corrected chi connectivity index (χ4v) is 3.83. The molecule has 2 aromatic heterocycles. The third-order valence-corrected chi connectivity index (χ3v) is 5.51. The second-order valence-corrected chi connectivity index (χ2v) is 7.89. The van der Waals surface area contributed by atoms with Crippen LogP contribution >= 0.6 is 11.3 Å². The third-order valence-electron chi connectivity index (χ3n) is 4.39. The standard InChI is InChI=1S/C20H22FN3O2S/c1-12(7-4-5-10-17(25)18-13(2)22-14(3)27-18)20-23-19(24-26-20)15-8-6-9-16(21)11-15/h6,8-9,11-12H,4-5,7,10H2,1-3H3/t12-/m0/s1. The third kappa shape index (κ3) is 4.86. The average molecular weight is 387 g/mol. The number of unbranched alkanes of at least 4 members (excludes halogenated alkanes) is 1. The minimum Gasteiger partial charge on any atom is -0.339 e. The number of thiazole rings is 1. The van der Waals surface area contributed by atoms with Crippen molar-refractivity contribution in [1.82, 2.24) is 15.1 Å². The molecule has 3 aromatic rings. The van der Waals surface area contributed by atoms with Crippen molar-refractivity contribution in [3.8, 4) is 11.4 Å². The Kier molecular flexibility index (Phi) is 6.11. The van der Waals surface area contributed by atoms with Crippen molar-refractivity contribution in [3.05, 3.63) is 51.6 Å². The van der Waals surface area contributed by atoms with E-state index in [2.05, 4.69) is 15.1 Å². The minimum absolute atomic E-state index is 0.0855. The maximum absolute atomic E-state index is 13.3. The van der Waals surface area contributed by atoms with Gasteiger partial charge < -0.3 is 4.52 Å². The van der Waals surface area contributed by atoms with E-state index in [0.29, 0.717) is 23.7 Å². The number of hydrogen-bond donors (Lipinski definition) is 0. The highest BCUT2D eigenvalue weighted by Gasteiger charge is 2.17. The molecule has 2 heterocycles. The molecule has 0 aliphatic rings. The van der Waals surface area contributed by atoms with Crippen molar-refractivity contribution in [3.63, 3.8) is 0 Å². The molecule has 0 aliphatic carbocycles. The highest BCUT2D eigenvalue weighted by Crippen LogP contribution is 2.25. The van der Waals surface area contributed by atoms with Crippen molar-refractivity contribution < 1.29 is 13.7 Å². The van der Waals surface area contributed by atoms with E-state index in [-0.39, 0.29) is 17.5 Å².